The van der Waals surface area contributed by atoms with Crippen LogP contribution in [0.1, 0.15) is 39.6 Å². The van der Waals surface area contributed by atoms with Crippen molar-refractivity contribution in [1.29, 1.82) is 0 Å². The topological polar surface area (TPSA) is 85.6 Å². The molecule has 0 bridgehead atoms. The molecule has 40 heavy (non-hydrogen) atoms. The number of anilines is 1. The van der Waals surface area contributed by atoms with Crippen molar-refractivity contribution in [3.05, 3.63) is 118 Å². The van der Waals surface area contributed by atoms with E-state index in [1.807, 2.05) is 47.4 Å². The average molecular weight is 549 g/mol. The summed E-state index contributed by atoms with van der Waals surface area (Å²) < 4.78 is 0. The molecule has 2 atom stereocenters. The Morgan fingerprint density at radius 2 is 1.75 bits per heavy atom. The number of carbonyl (C=O) groups excluding carboxylic acids is 1. The highest BCUT2D eigenvalue weighted by molar-refractivity contribution is 6.30. The van der Waals surface area contributed by atoms with Crippen LogP contribution in [-0.4, -0.2) is 40.0 Å². The second kappa shape index (κ2) is 9.73. The summed E-state index contributed by atoms with van der Waals surface area (Å²) in [6.07, 6.45) is 1.01. The van der Waals surface area contributed by atoms with Crippen molar-refractivity contribution in [2.24, 2.45) is 5.73 Å². The van der Waals surface area contributed by atoms with E-state index in [4.69, 9.17) is 17.3 Å². The molecule has 200 valence electrons. The minimum atomic E-state index is -0.541. The van der Waals surface area contributed by atoms with Crippen LogP contribution in [0.5, 0.6) is 5.75 Å². The minimum absolute atomic E-state index is 0.0810. The Balaban J connectivity index is 1.24. The van der Waals surface area contributed by atoms with Crippen LogP contribution in [0.2, 0.25) is 5.02 Å². The third kappa shape index (κ3) is 4.30. The van der Waals surface area contributed by atoms with Crippen molar-refractivity contribution in [2.75, 3.05) is 18.0 Å². The molecule has 2 aliphatic heterocycles. The number of H-pyrrole nitrogens is 1. The van der Waals surface area contributed by atoms with Gasteiger partial charge in [-0.2, -0.15) is 0 Å². The fourth-order valence-corrected chi connectivity index (χ4v) is 6.27. The molecule has 4 aromatic carbocycles. The minimum Gasteiger partial charge on any atom is -0.508 e. The first-order chi connectivity index (χ1) is 19.4. The zero-order valence-corrected chi connectivity index (χ0v) is 22.6. The molecule has 1 saturated heterocycles. The summed E-state index contributed by atoms with van der Waals surface area (Å²) in [5.74, 6) is 0.0131. The number of phenolic OH excluding ortho intramolecular Hbond substituents is 1. The van der Waals surface area contributed by atoms with Gasteiger partial charge in [0.25, 0.3) is 5.91 Å². The molecule has 7 rings (SSSR count). The van der Waals surface area contributed by atoms with Crippen LogP contribution in [0.3, 0.4) is 0 Å². The number of aromatic amines is 1. The largest absolute Gasteiger partial charge is 0.508 e. The summed E-state index contributed by atoms with van der Waals surface area (Å²) in [6, 6.07) is 29.3. The van der Waals surface area contributed by atoms with Gasteiger partial charge in [-0.1, -0.05) is 54.1 Å². The van der Waals surface area contributed by atoms with Gasteiger partial charge in [0, 0.05) is 58.7 Å². The lowest BCUT2D eigenvalue weighted by atomic mass is 10.00. The highest BCUT2D eigenvalue weighted by Crippen LogP contribution is 2.41. The molecule has 0 spiro atoms. The molecule has 5 aromatic rings. The van der Waals surface area contributed by atoms with Crippen molar-refractivity contribution in [2.45, 2.75) is 25.0 Å². The number of nitrogens with two attached hydrogens (primary N) is 1. The van der Waals surface area contributed by atoms with E-state index in [9.17, 15) is 9.90 Å². The van der Waals surface area contributed by atoms with E-state index in [2.05, 4.69) is 40.2 Å². The van der Waals surface area contributed by atoms with Crippen molar-refractivity contribution in [1.82, 2.24) is 9.88 Å². The molecule has 0 aliphatic carbocycles. The second-order valence-corrected chi connectivity index (χ2v) is 11.2. The molecular formula is C33H29ClN4O2. The Morgan fingerprint density at radius 3 is 2.52 bits per heavy atom. The SMILES string of the molecule is N[C@@H]1CCN(c2ccc(-c3ccc4c(c3)C(=O)N(C(c3cc5ccccc5[nH]3)c3cc(Cl)ccc3O)C4)cc2)C1. The van der Waals surface area contributed by atoms with Gasteiger partial charge in [0.05, 0.1) is 0 Å². The zero-order chi connectivity index (χ0) is 27.4. The third-order valence-corrected chi connectivity index (χ3v) is 8.41. The summed E-state index contributed by atoms with van der Waals surface area (Å²) in [5.41, 5.74) is 13.3. The quantitative estimate of drug-likeness (QED) is 0.235. The fourth-order valence-electron chi connectivity index (χ4n) is 6.09. The van der Waals surface area contributed by atoms with Gasteiger partial charge in [-0.15, -0.1) is 0 Å². The monoisotopic (exact) mass is 548 g/mol. The lowest BCUT2D eigenvalue weighted by Crippen LogP contribution is -2.30. The molecule has 1 amide bonds. The van der Waals surface area contributed by atoms with E-state index in [0.29, 0.717) is 22.7 Å². The number of amides is 1. The number of nitrogens with one attached hydrogen (secondary N) is 1. The standard InChI is InChI=1S/C33H29ClN4O2/c34-24-9-12-31(39)28(17-24)32(30-16-22-3-1-2-4-29(22)36-30)38-18-23-6-5-21(15-27(23)33(38)40)20-7-10-26(11-8-20)37-14-13-25(35)19-37/h1-12,15-17,25,32,36,39H,13-14,18-19,35H2/t25-,32?/m1/s1. The summed E-state index contributed by atoms with van der Waals surface area (Å²) in [7, 11) is 0. The van der Waals surface area contributed by atoms with Crippen LogP contribution >= 0.6 is 11.6 Å². The van der Waals surface area contributed by atoms with E-state index in [1.165, 1.54) is 5.69 Å². The molecule has 7 heteroatoms. The van der Waals surface area contributed by atoms with Gasteiger partial charge in [-0.3, -0.25) is 4.79 Å². The number of fused-ring (bicyclic) bond motifs is 2. The zero-order valence-electron chi connectivity index (χ0n) is 21.8. The van der Waals surface area contributed by atoms with E-state index in [1.54, 1.807) is 18.2 Å². The van der Waals surface area contributed by atoms with Gasteiger partial charge in [0.15, 0.2) is 0 Å². The normalized spacial score (nSPS) is 17.6. The Morgan fingerprint density at radius 1 is 0.950 bits per heavy atom. The van der Waals surface area contributed by atoms with Crippen molar-refractivity contribution >= 4 is 34.1 Å². The van der Waals surface area contributed by atoms with Crippen LogP contribution in [0.15, 0.2) is 91.0 Å². The van der Waals surface area contributed by atoms with Gasteiger partial charge < -0.3 is 25.6 Å². The molecule has 0 radical (unpaired) electrons. The number of aromatic hydroxyl groups is 1. The smallest absolute Gasteiger partial charge is 0.255 e. The van der Waals surface area contributed by atoms with Gasteiger partial charge in [0.1, 0.15) is 11.8 Å². The maximum Gasteiger partial charge on any atom is 0.255 e. The van der Waals surface area contributed by atoms with Crippen LogP contribution in [0.4, 0.5) is 5.69 Å². The number of halogens is 1. The molecule has 1 fully saturated rings. The number of nitrogens with zero attached hydrogens (tertiary/aromatic N) is 2. The lowest BCUT2D eigenvalue weighted by molar-refractivity contribution is 0.0727. The molecule has 1 aromatic heterocycles. The average Bonchev–Trinajstić information content (AvgIpc) is 3.68. The molecule has 1 unspecified atom stereocenters. The van der Waals surface area contributed by atoms with Crippen molar-refractivity contribution in [3.8, 4) is 16.9 Å². The number of rotatable bonds is 5. The van der Waals surface area contributed by atoms with Crippen molar-refractivity contribution < 1.29 is 9.90 Å². The van der Waals surface area contributed by atoms with Crippen molar-refractivity contribution in [3.63, 3.8) is 0 Å². The summed E-state index contributed by atoms with van der Waals surface area (Å²) in [4.78, 5) is 21.6. The van der Waals surface area contributed by atoms with Crippen LogP contribution < -0.4 is 10.6 Å². The Hall–Kier alpha value is -4.26. The molecule has 2 aliphatic rings. The second-order valence-electron chi connectivity index (χ2n) is 10.8. The highest BCUT2D eigenvalue weighted by atomic mass is 35.5. The summed E-state index contributed by atoms with van der Waals surface area (Å²) >= 11 is 6.37. The number of hydrogen-bond donors (Lipinski definition) is 3. The Labute approximate surface area is 237 Å². The molecule has 4 N–H and O–H groups in total. The van der Waals surface area contributed by atoms with E-state index in [0.717, 1.165) is 52.8 Å². The number of benzene rings is 4. The van der Waals surface area contributed by atoms with Crippen LogP contribution in [-0.2, 0) is 6.54 Å². The first-order valence-corrected chi connectivity index (χ1v) is 13.9. The van der Waals surface area contributed by atoms with Crippen LogP contribution in [0.25, 0.3) is 22.0 Å². The molecule has 0 saturated carbocycles. The number of phenols is 1. The molecule has 6 nitrogen and oxygen atoms in total. The first kappa shape index (κ1) is 24.8. The van der Waals surface area contributed by atoms with E-state index in [-0.39, 0.29) is 17.7 Å². The van der Waals surface area contributed by atoms with Crippen LogP contribution in [0, 0.1) is 0 Å². The molecular weight excluding hydrogens is 520 g/mol. The third-order valence-electron chi connectivity index (χ3n) is 8.17. The Bertz CT molecular complexity index is 1710. The maximum atomic E-state index is 14.0. The lowest BCUT2D eigenvalue weighted by Gasteiger charge is -2.28. The van der Waals surface area contributed by atoms with E-state index < -0.39 is 6.04 Å². The van der Waals surface area contributed by atoms with Gasteiger partial charge in [0.2, 0.25) is 0 Å². The first-order valence-electron chi connectivity index (χ1n) is 13.6. The van der Waals surface area contributed by atoms with Gasteiger partial charge in [-0.25, -0.2) is 0 Å². The summed E-state index contributed by atoms with van der Waals surface area (Å²) in [6.45, 7) is 2.28. The van der Waals surface area contributed by atoms with Gasteiger partial charge >= 0.3 is 0 Å². The summed E-state index contributed by atoms with van der Waals surface area (Å²) in [5, 5.41) is 12.4. The van der Waals surface area contributed by atoms with E-state index >= 15 is 0 Å². The predicted octanol–water partition coefficient (Wildman–Crippen LogP) is 6.48. The number of hydrogen-bond acceptors (Lipinski definition) is 4. The highest BCUT2D eigenvalue weighted by Gasteiger charge is 2.36. The number of carbonyl (C=O) groups is 1. The number of aromatic nitrogens is 1. The maximum absolute atomic E-state index is 14.0. The van der Waals surface area contributed by atoms with Gasteiger partial charge in [-0.05, 0) is 77.0 Å². The fraction of sp³-hybridized carbons (Fsp3) is 0.182. The predicted molar refractivity (Wildman–Crippen MR) is 160 cm³/mol. The number of para-hydroxylation sites is 1. The molecule has 3 heterocycles. The Kier molecular flexibility index (Phi) is 6.02.